The van der Waals surface area contributed by atoms with Crippen molar-refractivity contribution in [1.29, 1.82) is 0 Å². The van der Waals surface area contributed by atoms with Gasteiger partial charge in [0.05, 0.1) is 10.2 Å². The molecule has 3 aromatic rings. The van der Waals surface area contributed by atoms with Crippen LogP contribution in [-0.2, 0) is 0 Å². The summed E-state index contributed by atoms with van der Waals surface area (Å²) in [4.78, 5) is 4.55. The number of benzene rings is 2. The van der Waals surface area contributed by atoms with E-state index >= 15 is 0 Å². The van der Waals surface area contributed by atoms with Crippen LogP contribution in [0.3, 0.4) is 0 Å². The molecule has 0 unspecified atom stereocenters. The van der Waals surface area contributed by atoms with Crippen molar-refractivity contribution >= 4 is 48.6 Å². The zero-order chi connectivity index (χ0) is 14.4. The molecule has 0 aliphatic heterocycles. The van der Waals surface area contributed by atoms with E-state index in [1.54, 1.807) is 0 Å². The average molecular weight is 396 g/mol. The van der Waals surface area contributed by atoms with Crippen molar-refractivity contribution in [2.75, 3.05) is 5.73 Å². The highest BCUT2D eigenvalue weighted by atomic mass is 79.9. The van der Waals surface area contributed by atoms with Gasteiger partial charge in [0.25, 0.3) is 0 Å². The van der Waals surface area contributed by atoms with Gasteiger partial charge in [-0.05, 0) is 63.9 Å². The fourth-order valence-electron chi connectivity index (χ4n) is 2.23. The van der Waals surface area contributed by atoms with Crippen LogP contribution in [0.1, 0.15) is 11.1 Å². The van der Waals surface area contributed by atoms with E-state index in [4.69, 9.17) is 10.2 Å². The third kappa shape index (κ3) is 2.25. The van der Waals surface area contributed by atoms with Gasteiger partial charge in [0, 0.05) is 10.0 Å². The van der Waals surface area contributed by atoms with Crippen molar-refractivity contribution in [3.05, 3.63) is 44.3 Å². The molecule has 0 saturated heterocycles. The Morgan fingerprint density at radius 1 is 1.05 bits per heavy atom. The molecule has 102 valence electrons. The summed E-state index contributed by atoms with van der Waals surface area (Å²) in [5.41, 5.74) is 11.4. The molecule has 2 N–H and O–H groups in total. The minimum atomic E-state index is 0.602. The topological polar surface area (TPSA) is 52.0 Å². The maximum Gasteiger partial charge on any atom is 0.227 e. The van der Waals surface area contributed by atoms with Crippen LogP contribution in [0, 0.1) is 13.8 Å². The quantitative estimate of drug-likeness (QED) is 0.574. The molecule has 1 heterocycles. The Labute approximate surface area is 133 Å². The van der Waals surface area contributed by atoms with Crippen LogP contribution in [0.2, 0.25) is 0 Å². The smallest absolute Gasteiger partial charge is 0.227 e. The van der Waals surface area contributed by atoms with Crippen molar-refractivity contribution in [2.45, 2.75) is 13.8 Å². The summed E-state index contributed by atoms with van der Waals surface area (Å²) in [5.74, 6) is 0.602. The summed E-state index contributed by atoms with van der Waals surface area (Å²) in [7, 11) is 0. The number of anilines is 1. The number of nitrogen functional groups attached to an aromatic ring is 1. The Morgan fingerprint density at radius 2 is 1.70 bits per heavy atom. The van der Waals surface area contributed by atoms with Crippen molar-refractivity contribution in [3.8, 4) is 11.5 Å². The lowest BCUT2D eigenvalue weighted by Crippen LogP contribution is -1.89. The molecule has 0 bridgehead atoms. The lowest BCUT2D eigenvalue weighted by atomic mass is 10.1. The van der Waals surface area contributed by atoms with Crippen LogP contribution in [0.4, 0.5) is 5.69 Å². The van der Waals surface area contributed by atoms with Crippen molar-refractivity contribution in [3.63, 3.8) is 0 Å². The average Bonchev–Trinajstić information content (AvgIpc) is 2.79. The van der Waals surface area contributed by atoms with Gasteiger partial charge in [-0.3, -0.25) is 0 Å². The number of aryl methyl sites for hydroxylation is 2. The Morgan fingerprint density at radius 3 is 2.35 bits per heavy atom. The van der Waals surface area contributed by atoms with Crippen molar-refractivity contribution in [2.24, 2.45) is 0 Å². The number of aromatic nitrogens is 1. The molecule has 2 aromatic carbocycles. The Kier molecular flexibility index (Phi) is 3.34. The molecule has 0 aliphatic rings. The van der Waals surface area contributed by atoms with Gasteiger partial charge in [0.1, 0.15) is 5.52 Å². The second-order valence-electron chi connectivity index (χ2n) is 4.83. The van der Waals surface area contributed by atoms with Crippen LogP contribution in [0.5, 0.6) is 0 Å². The number of hydrogen-bond donors (Lipinski definition) is 1. The SMILES string of the molecule is Cc1cc(C)cc(-c2nc3c(Br)c(N)c(Br)cc3o2)c1. The van der Waals surface area contributed by atoms with Crippen LogP contribution in [-0.4, -0.2) is 4.98 Å². The second-order valence-corrected chi connectivity index (χ2v) is 6.48. The minimum absolute atomic E-state index is 0.602. The molecule has 0 saturated carbocycles. The van der Waals surface area contributed by atoms with Crippen LogP contribution in [0.15, 0.2) is 37.6 Å². The van der Waals surface area contributed by atoms with E-state index in [9.17, 15) is 0 Å². The number of nitrogens with two attached hydrogens (primary N) is 1. The van der Waals surface area contributed by atoms with Gasteiger partial charge >= 0.3 is 0 Å². The Hall–Kier alpha value is -1.33. The third-order valence-corrected chi connectivity index (χ3v) is 4.54. The van der Waals surface area contributed by atoms with Gasteiger partial charge in [0.2, 0.25) is 5.89 Å². The first kappa shape index (κ1) is 13.6. The zero-order valence-electron chi connectivity index (χ0n) is 11.0. The Bertz CT molecular complexity index is 804. The predicted molar refractivity (Wildman–Crippen MR) is 88.7 cm³/mol. The summed E-state index contributed by atoms with van der Waals surface area (Å²) in [5, 5.41) is 0. The molecule has 1 aromatic heterocycles. The lowest BCUT2D eigenvalue weighted by Gasteiger charge is -2.00. The van der Waals surface area contributed by atoms with E-state index in [2.05, 4.69) is 68.9 Å². The number of hydrogen-bond acceptors (Lipinski definition) is 3. The normalized spacial score (nSPS) is 11.2. The molecule has 20 heavy (non-hydrogen) atoms. The van der Waals surface area contributed by atoms with Gasteiger partial charge in [-0.2, -0.15) is 0 Å². The number of fused-ring (bicyclic) bond motifs is 1. The maximum atomic E-state index is 5.97. The van der Waals surface area contributed by atoms with Crippen molar-refractivity contribution < 1.29 is 4.42 Å². The molecular weight excluding hydrogens is 384 g/mol. The minimum Gasteiger partial charge on any atom is -0.436 e. The van der Waals surface area contributed by atoms with E-state index in [-0.39, 0.29) is 0 Å². The molecule has 0 aliphatic carbocycles. The van der Waals surface area contributed by atoms with E-state index in [0.717, 1.165) is 20.0 Å². The maximum absolute atomic E-state index is 5.97. The fraction of sp³-hybridized carbons (Fsp3) is 0.133. The highest BCUT2D eigenvalue weighted by Crippen LogP contribution is 2.37. The monoisotopic (exact) mass is 394 g/mol. The molecule has 0 radical (unpaired) electrons. The first-order chi connectivity index (χ1) is 9.45. The van der Waals surface area contributed by atoms with E-state index in [1.165, 1.54) is 11.1 Å². The van der Waals surface area contributed by atoms with Crippen LogP contribution in [0.25, 0.3) is 22.6 Å². The zero-order valence-corrected chi connectivity index (χ0v) is 14.2. The number of rotatable bonds is 1. The first-order valence-corrected chi connectivity index (χ1v) is 7.67. The summed E-state index contributed by atoms with van der Waals surface area (Å²) < 4.78 is 7.40. The van der Waals surface area contributed by atoms with Gasteiger partial charge < -0.3 is 10.2 Å². The van der Waals surface area contributed by atoms with E-state index in [0.29, 0.717) is 17.2 Å². The molecule has 0 amide bonds. The Balaban J connectivity index is 2.25. The number of oxazole rings is 1. The standard InChI is InChI=1S/C15H12Br2N2O/c1-7-3-8(2)5-9(4-7)15-19-14-11(20-15)6-10(16)13(18)12(14)17/h3-6H,18H2,1-2H3. The highest BCUT2D eigenvalue weighted by molar-refractivity contribution is 9.11. The van der Waals surface area contributed by atoms with E-state index in [1.807, 2.05) is 6.07 Å². The second kappa shape index (κ2) is 4.90. The molecule has 0 atom stereocenters. The van der Waals surface area contributed by atoms with Gasteiger partial charge in [0.15, 0.2) is 5.58 Å². The largest absolute Gasteiger partial charge is 0.436 e. The van der Waals surface area contributed by atoms with Crippen molar-refractivity contribution in [1.82, 2.24) is 4.98 Å². The fourth-order valence-corrected chi connectivity index (χ4v) is 3.40. The summed E-state index contributed by atoms with van der Waals surface area (Å²) >= 11 is 6.88. The van der Waals surface area contributed by atoms with Crippen LogP contribution >= 0.6 is 31.9 Å². The van der Waals surface area contributed by atoms with E-state index < -0.39 is 0 Å². The van der Waals surface area contributed by atoms with Gasteiger partial charge in [-0.25, -0.2) is 4.98 Å². The molecule has 3 nitrogen and oxygen atoms in total. The molecule has 0 fully saturated rings. The number of halogens is 2. The third-order valence-electron chi connectivity index (χ3n) is 3.08. The molecule has 3 rings (SSSR count). The van der Waals surface area contributed by atoms with Gasteiger partial charge in [-0.1, -0.05) is 17.2 Å². The summed E-state index contributed by atoms with van der Waals surface area (Å²) in [6, 6.07) is 8.08. The van der Waals surface area contributed by atoms with Gasteiger partial charge in [-0.15, -0.1) is 0 Å². The first-order valence-electron chi connectivity index (χ1n) is 6.08. The number of nitrogens with zero attached hydrogens (tertiary/aromatic N) is 1. The summed E-state index contributed by atoms with van der Waals surface area (Å²) in [6.45, 7) is 4.12. The molecule has 5 heteroatoms. The highest BCUT2D eigenvalue weighted by Gasteiger charge is 2.15. The molecule has 0 spiro atoms. The lowest BCUT2D eigenvalue weighted by molar-refractivity contribution is 0.619. The van der Waals surface area contributed by atoms with Crippen LogP contribution < -0.4 is 5.73 Å². The predicted octanol–water partition coefficient (Wildman–Crippen LogP) is 5.22. The molecular formula is C15H12Br2N2O. The summed E-state index contributed by atoms with van der Waals surface area (Å²) in [6.07, 6.45) is 0.